The highest BCUT2D eigenvalue weighted by molar-refractivity contribution is 14.1. The molecule has 3 aromatic rings. The van der Waals surface area contributed by atoms with Gasteiger partial charge in [-0.2, -0.15) is 0 Å². The molecule has 0 fully saturated rings. The number of carbonyl (C=O) groups excluding carboxylic acids is 1. The van der Waals surface area contributed by atoms with Gasteiger partial charge in [0.05, 0.1) is 10.2 Å². The molecule has 33 heavy (non-hydrogen) atoms. The lowest BCUT2D eigenvalue weighted by atomic mass is 10.1. The van der Waals surface area contributed by atoms with Crippen LogP contribution in [-0.2, 0) is 16.1 Å². The Morgan fingerprint density at radius 2 is 1.82 bits per heavy atom. The third-order valence-electron chi connectivity index (χ3n) is 4.68. The molecule has 0 bridgehead atoms. The molecule has 8 heteroatoms. The molecular formula is C25H18BrI2NO4. The topological polar surface area (TPSA) is 57.1 Å². The van der Waals surface area contributed by atoms with E-state index in [4.69, 9.17) is 14.2 Å². The quantitative estimate of drug-likeness (QED) is 0.150. The Hall–Kier alpha value is -1.92. The van der Waals surface area contributed by atoms with Gasteiger partial charge in [0, 0.05) is 19.2 Å². The summed E-state index contributed by atoms with van der Waals surface area (Å²) in [5, 5.41) is 0. The molecule has 0 aliphatic carbocycles. The predicted molar refractivity (Wildman–Crippen MR) is 149 cm³/mol. The lowest BCUT2D eigenvalue weighted by molar-refractivity contribution is -0.129. The molecule has 0 amide bonds. The molecule has 4 rings (SSSR count). The van der Waals surface area contributed by atoms with Gasteiger partial charge in [-0.15, -0.1) is 0 Å². The fourth-order valence-corrected chi connectivity index (χ4v) is 4.66. The van der Waals surface area contributed by atoms with Crippen molar-refractivity contribution in [1.29, 1.82) is 0 Å². The second kappa shape index (κ2) is 11.0. The summed E-state index contributed by atoms with van der Waals surface area (Å²) in [4.78, 5) is 16.8. The van der Waals surface area contributed by atoms with Gasteiger partial charge in [-0.05, 0) is 106 Å². The zero-order chi connectivity index (χ0) is 23.4. The summed E-state index contributed by atoms with van der Waals surface area (Å²) >= 11 is 7.99. The van der Waals surface area contributed by atoms with Crippen molar-refractivity contribution in [1.82, 2.24) is 0 Å². The van der Waals surface area contributed by atoms with Gasteiger partial charge in [0.25, 0.3) is 0 Å². The Labute approximate surface area is 227 Å². The van der Waals surface area contributed by atoms with Crippen molar-refractivity contribution in [2.24, 2.45) is 4.99 Å². The first-order valence-corrected chi connectivity index (χ1v) is 13.0. The lowest BCUT2D eigenvalue weighted by Gasteiger charge is -2.15. The standard InChI is InChI=1S/C25H18BrI2NO4/c1-2-31-22-13-15(11-20(28)23(22)32-14-17-5-3-4-6-19(17)26)12-21-25(30)33-24(29-21)16-7-9-18(27)10-8-16/h3-13H,2,14H2,1H3/b21-12-. The van der Waals surface area contributed by atoms with Gasteiger partial charge < -0.3 is 14.2 Å². The zero-order valence-corrected chi connectivity index (χ0v) is 23.4. The number of cyclic esters (lactones) is 1. The fraction of sp³-hybridized carbons (Fsp3) is 0.120. The minimum atomic E-state index is -0.481. The Balaban J connectivity index is 1.61. The average Bonchev–Trinajstić information content (AvgIpc) is 3.15. The van der Waals surface area contributed by atoms with E-state index in [1.54, 1.807) is 6.08 Å². The molecule has 0 saturated heterocycles. The van der Waals surface area contributed by atoms with Crippen LogP contribution in [0.25, 0.3) is 6.08 Å². The molecule has 0 radical (unpaired) electrons. The van der Waals surface area contributed by atoms with E-state index in [1.807, 2.05) is 67.6 Å². The second-order valence-electron chi connectivity index (χ2n) is 6.99. The number of esters is 1. The molecule has 5 nitrogen and oxygen atoms in total. The minimum Gasteiger partial charge on any atom is -0.490 e. The van der Waals surface area contributed by atoms with Crippen LogP contribution in [0.3, 0.4) is 0 Å². The zero-order valence-electron chi connectivity index (χ0n) is 17.5. The third-order valence-corrected chi connectivity index (χ3v) is 6.97. The van der Waals surface area contributed by atoms with Crippen molar-refractivity contribution >= 4 is 79.1 Å². The van der Waals surface area contributed by atoms with Gasteiger partial charge in [0.2, 0.25) is 5.90 Å². The SMILES string of the molecule is CCOc1cc(/C=C2\N=C(c3ccc(I)cc3)OC2=O)cc(I)c1OCc1ccccc1Br. The summed E-state index contributed by atoms with van der Waals surface area (Å²) in [5.41, 5.74) is 2.81. The normalized spacial score (nSPS) is 14.2. The van der Waals surface area contributed by atoms with E-state index >= 15 is 0 Å². The van der Waals surface area contributed by atoms with E-state index in [1.165, 1.54) is 0 Å². The number of rotatable bonds is 7. The number of nitrogens with zero attached hydrogens (tertiary/aromatic N) is 1. The summed E-state index contributed by atoms with van der Waals surface area (Å²) in [5.74, 6) is 1.09. The third kappa shape index (κ3) is 5.96. The van der Waals surface area contributed by atoms with Crippen LogP contribution in [0, 0.1) is 7.14 Å². The number of hydrogen-bond acceptors (Lipinski definition) is 5. The van der Waals surface area contributed by atoms with Gasteiger partial charge in [-0.3, -0.25) is 0 Å². The smallest absolute Gasteiger partial charge is 0.363 e. The maximum atomic E-state index is 12.4. The Morgan fingerprint density at radius 3 is 2.55 bits per heavy atom. The number of benzene rings is 3. The predicted octanol–water partition coefficient (Wildman–Crippen LogP) is 6.98. The Kier molecular flexibility index (Phi) is 8.07. The van der Waals surface area contributed by atoms with Crippen LogP contribution in [0.4, 0.5) is 0 Å². The first kappa shape index (κ1) is 24.2. The van der Waals surface area contributed by atoms with Crippen molar-refractivity contribution in [3.8, 4) is 11.5 Å². The van der Waals surface area contributed by atoms with E-state index in [0.717, 1.165) is 28.3 Å². The van der Waals surface area contributed by atoms with E-state index in [-0.39, 0.29) is 5.70 Å². The summed E-state index contributed by atoms with van der Waals surface area (Å²) in [6.45, 7) is 2.80. The molecule has 1 heterocycles. The first-order valence-electron chi connectivity index (χ1n) is 10.1. The highest BCUT2D eigenvalue weighted by Gasteiger charge is 2.24. The number of carbonyl (C=O) groups is 1. The maximum absolute atomic E-state index is 12.4. The first-order chi connectivity index (χ1) is 15.9. The second-order valence-corrected chi connectivity index (χ2v) is 10.2. The molecule has 0 aromatic heterocycles. The minimum absolute atomic E-state index is 0.240. The molecule has 0 spiro atoms. The average molecular weight is 730 g/mol. The largest absolute Gasteiger partial charge is 0.490 e. The van der Waals surface area contributed by atoms with Crippen molar-refractivity contribution in [2.75, 3.05) is 6.61 Å². The summed E-state index contributed by atoms with van der Waals surface area (Å²) in [6.07, 6.45) is 1.70. The lowest BCUT2D eigenvalue weighted by Crippen LogP contribution is -2.05. The van der Waals surface area contributed by atoms with Crippen LogP contribution < -0.4 is 9.47 Å². The van der Waals surface area contributed by atoms with Crippen molar-refractivity contribution < 1.29 is 19.0 Å². The van der Waals surface area contributed by atoms with Crippen LogP contribution in [0.15, 0.2) is 75.8 Å². The van der Waals surface area contributed by atoms with E-state index < -0.39 is 5.97 Å². The Morgan fingerprint density at radius 1 is 1.06 bits per heavy atom. The van der Waals surface area contributed by atoms with Crippen LogP contribution in [0.1, 0.15) is 23.6 Å². The maximum Gasteiger partial charge on any atom is 0.363 e. The van der Waals surface area contributed by atoms with Gasteiger partial charge in [0.1, 0.15) is 6.61 Å². The monoisotopic (exact) mass is 729 g/mol. The van der Waals surface area contributed by atoms with Gasteiger partial charge in [0.15, 0.2) is 17.2 Å². The highest BCUT2D eigenvalue weighted by Crippen LogP contribution is 2.36. The molecule has 0 saturated carbocycles. The van der Waals surface area contributed by atoms with Crippen LogP contribution in [0.5, 0.6) is 11.5 Å². The van der Waals surface area contributed by atoms with Crippen molar-refractivity contribution in [3.63, 3.8) is 0 Å². The fourth-order valence-electron chi connectivity index (χ4n) is 3.12. The molecule has 1 aliphatic rings. The van der Waals surface area contributed by atoms with Crippen LogP contribution in [-0.4, -0.2) is 18.5 Å². The van der Waals surface area contributed by atoms with Crippen molar-refractivity contribution in [2.45, 2.75) is 13.5 Å². The summed E-state index contributed by atoms with van der Waals surface area (Å²) in [7, 11) is 0. The molecule has 0 atom stereocenters. The molecule has 3 aromatic carbocycles. The molecular weight excluding hydrogens is 712 g/mol. The van der Waals surface area contributed by atoms with Crippen LogP contribution >= 0.6 is 61.1 Å². The number of hydrogen-bond donors (Lipinski definition) is 0. The van der Waals surface area contributed by atoms with Gasteiger partial charge in [-0.1, -0.05) is 34.1 Å². The Bertz CT molecular complexity index is 1260. The molecule has 0 unspecified atom stereocenters. The van der Waals surface area contributed by atoms with E-state index in [2.05, 4.69) is 66.1 Å². The molecule has 168 valence electrons. The number of ether oxygens (including phenoxy) is 3. The molecule has 1 aliphatic heterocycles. The number of halogens is 3. The number of aliphatic imine (C=N–C) groups is 1. The van der Waals surface area contributed by atoms with Crippen molar-refractivity contribution in [3.05, 3.63) is 94.7 Å². The van der Waals surface area contributed by atoms with Gasteiger partial charge in [-0.25, -0.2) is 9.79 Å². The summed E-state index contributed by atoms with van der Waals surface area (Å²) < 4.78 is 20.3. The highest BCUT2D eigenvalue weighted by atomic mass is 127. The molecule has 0 N–H and O–H groups in total. The summed E-state index contributed by atoms with van der Waals surface area (Å²) in [6, 6.07) is 19.3. The van der Waals surface area contributed by atoms with Crippen LogP contribution in [0.2, 0.25) is 0 Å². The van der Waals surface area contributed by atoms with E-state index in [9.17, 15) is 4.79 Å². The van der Waals surface area contributed by atoms with E-state index in [0.29, 0.717) is 30.6 Å². The van der Waals surface area contributed by atoms with Gasteiger partial charge >= 0.3 is 5.97 Å².